The number of amides is 4. The van der Waals surface area contributed by atoms with Crippen molar-refractivity contribution in [3.63, 3.8) is 0 Å². The van der Waals surface area contributed by atoms with Gasteiger partial charge in [0.25, 0.3) is 0 Å². The fourth-order valence-electron chi connectivity index (χ4n) is 3.60. The Kier molecular flexibility index (Phi) is 18.2. The Morgan fingerprint density at radius 2 is 0.842 bits per heavy atom. The number of hydrogen-bond donors (Lipinski definition) is 6. The third-order valence-corrected chi connectivity index (χ3v) is 5.87. The first-order valence-electron chi connectivity index (χ1n) is 13.4. The van der Waals surface area contributed by atoms with Gasteiger partial charge in [0.15, 0.2) is 0 Å². The van der Waals surface area contributed by atoms with Crippen LogP contribution < -0.4 is 21.3 Å². The van der Waals surface area contributed by atoms with Crippen LogP contribution in [0.5, 0.6) is 0 Å². The number of aliphatic carboxylic acids is 2. The summed E-state index contributed by atoms with van der Waals surface area (Å²) >= 11 is 0. The molecule has 0 heterocycles. The number of hydrogen-bond acceptors (Lipinski definition) is 6. The van der Waals surface area contributed by atoms with Crippen molar-refractivity contribution in [1.82, 2.24) is 21.3 Å². The lowest BCUT2D eigenvalue weighted by molar-refractivity contribution is -0.139. The third kappa shape index (κ3) is 17.3. The van der Waals surface area contributed by atoms with Crippen molar-refractivity contribution < 1.29 is 39.0 Å². The van der Waals surface area contributed by atoms with Crippen LogP contribution in [0, 0.1) is 11.8 Å². The average molecular weight is 543 g/mol. The van der Waals surface area contributed by atoms with E-state index in [1.54, 1.807) is 0 Å². The van der Waals surface area contributed by atoms with Gasteiger partial charge in [-0.2, -0.15) is 0 Å². The van der Waals surface area contributed by atoms with E-state index in [0.29, 0.717) is 13.1 Å². The van der Waals surface area contributed by atoms with E-state index in [-0.39, 0.29) is 49.3 Å². The van der Waals surface area contributed by atoms with Crippen molar-refractivity contribution in [2.45, 2.75) is 104 Å². The minimum Gasteiger partial charge on any atom is -0.481 e. The number of carbonyl (C=O) groups is 6. The summed E-state index contributed by atoms with van der Waals surface area (Å²) in [7, 11) is 0. The highest BCUT2D eigenvalue weighted by Gasteiger charge is 2.25. The molecular weight excluding hydrogens is 496 g/mol. The SMILES string of the molecule is CC(C)[C@H](NC(=O)CCC(=O)O)C(=O)NCCCCCCCCNC(=O)[C@@H](NC(=O)CCC(=O)O)C(C)C. The van der Waals surface area contributed by atoms with E-state index in [1.165, 1.54) is 0 Å². The summed E-state index contributed by atoms with van der Waals surface area (Å²) in [6.07, 6.45) is 4.46. The van der Waals surface area contributed by atoms with Crippen molar-refractivity contribution in [3.8, 4) is 0 Å². The van der Waals surface area contributed by atoms with Gasteiger partial charge >= 0.3 is 11.9 Å². The van der Waals surface area contributed by atoms with Crippen molar-refractivity contribution in [2.24, 2.45) is 11.8 Å². The molecule has 38 heavy (non-hydrogen) atoms. The molecule has 0 radical (unpaired) electrons. The molecule has 0 aliphatic heterocycles. The van der Waals surface area contributed by atoms with Gasteiger partial charge in [0.1, 0.15) is 12.1 Å². The molecule has 0 aromatic rings. The van der Waals surface area contributed by atoms with Crippen LogP contribution in [0.4, 0.5) is 0 Å². The van der Waals surface area contributed by atoms with Crippen LogP contribution in [0.2, 0.25) is 0 Å². The van der Waals surface area contributed by atoms with Crippen molar-refractivity contribution in [3.05, 3.63) is 0 Å². The topological polar surface area (TPSA) is 191 Å². The van der Waals surface area contributed by atoms with Gasteiger partial charge in [-0.05, 0) is 24.7 Å². The molecule has 12 heteroatoms. The molecule has 0 unspecified atom stereocenters. The summed E-state index contributed by atoms with van der Waals surface area (Å²) in [4.78, 5) is 69.7. The Bertz CT molecular complexity index is 721. The summed E-state index contributed by atoms with van der Waals surface area (Å²) in [6.45, 7) is 8.21. The molecule has 12 nitrogen and oxygen atoms in total. The second-order valence-electron chi connectivity index (χ2n) is 10.1. The van der Waals surface area contributed by atoms with Crippen molar-refractivity contribution in [2.75, 3.05) is 13.1 Å². The molecule has 0 aliphatic carbocycles. The van der Waals surface area contributed by atoms with E-state index in [4.69, 9.17) is 10.2 Å². The Morgan fingerprint density at radius 1 is 0.526 bits per heavy atom. The zero-order valence-electron chi connectivity index (χ0n) is 23.1. The smallest absolute Gasteiger partial charge is 0.303 e. The molecule has 0 aromatic carbocycles. The van der Waals surface area contributed by atoms with Gasteiger partial charge in [-0.3, -0.25) is 28.8 Å². The normalized spacial score (nSPS) is 12.5. The molecule has 0 aliphatic rings. The highest BCUT2D eigenvalue weighted by Crippen LogP contribution is 2.07. The molecule has 0 fully saturated rings. The van der Waals surface area contributed by atoms with Gasteiger partial charge in [0.05, 0.1) is 12.8 Å². The predicted octanol–water partition coefficient (Wildman–Crippen LogP) is 1.57. The number of carboxylic acid groups (broad SMARTS) is 2. The van der Waals surface area contributed by atoms with Gasteiger partial charge < -0.3 is 31.5 Å². The largest absolute Gasteiger partial charge is 0.481 e. The molecule has 0 rings (SSSR count). The number of carbonyl (C=O) groups excluding carboxylic acids is 4. The first-order chi connectivity index (χ1) is 17.8. The summed E-state index contributed by atoms with van der Waals surface area (Å²) in [5.74, 6) is -3.87. The minimum absolute atomic E-state index is 0.131. The van der Waals surface area contributed by atoms with Crippen LogP contribution >= 0.6 is 0 Å². The fraction of sp³-hybridized carbons (Fsp3) is 0.769. The van der Waals surface area contributed by atoms with Crippen LogP contribution in [0.1, 0.15) is 91.9 Å². The Hall–Kier alpha value is -3.18. The number of nitrogens with one attached hydrogen (secondary N) is 4. The molecule has 218 valence electrons. The third-order valence-electron chi connectivity index (χ3n) is 5.87. The monoisotopic (exact) mass is 542 g/mol. The number of rotatable bonds is 21. The summed E-state index contributed by atoms with van der Waals surface area (Å²) in [6, 6.07) is -1.42. The maximum Gasteiger partial charge on any atom is 0.303 e. The highest BCUT2D eigenvalue weighted by atomic mass is 16.4. The van der Waals surface area contributed by atoms with E-state index >= 15 is 0 Å². The summed E-state index contributed by atoms with van der Waals surface area (Å²) in [5, 5.41) is 28.2. The van der Waals surface area contributed by atoms with E-state index < -0.39 is 35.8 Å². The van der Waals surface area contributed by atoms with E-state index in [9.17, 15) is 28.8 Å². The van der Waals surface area contributed by atoms with Crippen LogP contribution in [0.15, 0.2) is 0 Å². The van der Waals surface area contributed by atoms with Crippen LogP contribution in [-0.2, 0) is 28.8 Å². The molecule has 0 spiro atoms. The Labute approximate surface area is 225 Å². The second-order valence-corrected chi connectivity index (χ2v) is 10.1. The van der Waals surface area contributed by atoms with Gasteiger partial charge in [-0.25, -0.2) is 0 Å². The summed E-state index contributed by atoms with van der Waals surface area (Å²) in [5.41, 5.74) is 0. The van der Waals surface area contributed by atoms with E-state index in [0.717, 1.165) is 38.5 Å². The fourth-order valence-corrected chi connectivity index (χ4v) is 3.60. The van der Waals surface area contributed by atoms with Crippen molar-refractivity contribution in [1.29, 1.82) is 0 Å². The summed E-state index contributed by atoms with van der Waals surface area (Å²) < 4.78 is 0. The molecule has 2 atom stereocenters. The maximum absolute atomic E-state index is 12.4. The lowest BCUT2D eigenvalue weighted by Crippen LogP contribution is -2.49. The molecule has 6 N–H and O–H groups in total. The minimum atomic E-state index is -1.06. The van der Waals surface area contributed by atoms with Gasteiger partial charge in [0.2, 0.25) is 23.6 Å². The van der Waals surface area contributed by atoms with Gasteiger partial charge in [-0.1, -0.05) is 53.4 Å². The Balaban J connectivity index is 4.06. The van der Waals surface area contributed by atoms with E-state index in [2.05, 4.69) is 21.3 Å². The lowest BCUT2D eigenvalue weighted by atomic mass is 10.0. The maximum atomic E-state index is 12.4. The highest BCUT2D eigenvalue weighted by molar-refractivity contribution is 5.89. The molecule has 0 saturated carbocycles. The number of unbranched alkanes of at least 4 members (excludes halogenated alkanes) is 5. The zero-order valence-corrected chi connectivity index (χ0v) is 23.1. The number of carboxylic acids is 2. The van der Waals surface area contributed by atoms with Crippen molar-refractivity contribution >= 4 is 35.6 Å². The van der Waals surface area contributed by atoms with Gasteiger partial charge in [0, 0.05) is 25.9 Å². The van der Waals surface area contributed by atoms with Crippen LogP contribution in [0.3, 0.4) is 0 Å². The molecule has 4 amide bonds. The molecular formula is C26H46N4O8. The average Bonchev–Trinajstić information content (AvgIpc) is 2.83. The first kappa shape index (κ1) is 34.8. The second kappa shape index (κ2) is 19.9. The molecule has 0 bridgehead atoms. The van der Waals surface area contributed by atoms with E-state index in [1.807, 2.05) is 27.7 Å². The standard InChI is InChI=1S/C26H46N4O8/c1-17(2)23(29-19(31)11-13-21(33)34)25(37)27-15-9-7-5-6-8-10-16-28-26(38)24(18(3)4)30-20(32)12-14-22(35)36/h17-18,23-24H,5-16H2,1-4H3,(H,27,37)(H,28,38)(H,29,31)(H,30,32)(H,33,34)(H,35,36)/t23-,24-/m0/s1. The zero-order chi connectivity index (χ0) is 29.1. The van der Waals surface area contributed by atoms with Crippen LogP contribution in [0.25, 0.3) is 0 Å². The lowest BCUT2D eigenvalue weighted by Gasteiger charge is -2.21. The van der Waals surface area contributed by atoms with Crippen LogP contribution in [-0.4, -0.2) is 71.0 Å². The molecule has 0 saturated heterocycles. The quantitative estimate of drug-likeness (QED) is 0.118. The van der Waals surface area contributed by atoms with Gasteiger partial charge in [-0.15, -0.1) is 0 Å². The molecule has 0 aromatic heterocycles. The first-order valence-corrected chi connectivity index (χ1v) is 13.4. The predicted molar refractivity (Wildman–Crippen MR) is 141 cm³/mol. The Morgan fingerprint density at radius 3 is 1.13 bits per heavy atom.